The Bertz CT molecular complexity index is 364. The van der Waals surface area contributed by atoms with Crippen LogP contribution in [0.5, 0.6) is 0 Å². The number of thioether (sulfide) groups is 1. The van der Waals surface area contributed by atoms with Crippen LogP contribution in [-0.2, 0) is 6.54 Å². The zero-order chi connectivity index (χ0) is 13.0. The molecule has 0 bridgehead atoms. The van der Waals surface area contributed by atoms with Crippen molar-refractivity contribution in [2.75, 3.05) is 25.4 Å². The van der Waals surface area contributed by atoms with Crippen molar-refractivity contribution in [3.63, 3.8) is 0 Å². The van der Waals surface area contributed by atoms with E-state index in [4.69, 9.17) is 0 Å². The monoisotopic (exact) mass is 284 g/mol. The number of rotatable bonds is 5. The second-order valence-corrected chi connectivity index (χ2v) is 7.90. The van der Waals surface area contributed by atoms with Gasteiger partial charge in [-0.25, -0.2) is 0 Å². The molecule has 2 atom stereocenters. The van der Waals surface area contributed by atoms with Crippen molar-refractivity contribution < 1.29 is 0 Å². The smallest absolute Gasteiger partial charge is 0.0300 e. The summed E-state index contributed by atoms with van der Waals surface area (Å²) in [5.41, 5.74) is 0. The molecule has 0 aliphatic carbocycles. The predicted molar refractivity (Wildman–Crippen MR) is 83.7 cm³/mol. The van der Waals surface area contributed by atoms with E-state index in [2.05, 4.69) is 54.9 Å². The van der Waals surface area contributed by atoms with Crippen LogP contribution < -0.4 is 5.32 Å². The lowest BCUT2D eigenvalue weighted by atomic mass is 10.2. The predicted octanol–water partition coefficient (Wildman–Crippen LogP) is 2.97. The van der Waals surface area contributed by atoms with Gasteiger partial charge in [-0.3, -0.25) is 4.90 Å². The summed E-state index contributed by atoms with van der Waals surface area (Å²) < 4.78 is 0. The summed E-state index contributed by atoms with van der Waals surface area (Å²) in [5, 5.41) is 4.34. The number of nitrogens with zero attached hydrogens (tertiary/aromatic N) is 1. The Balaban J connectivity index is 1.66. The maximum atomic E-state index is 3.56. The minimum atomic E-state index is 0.717. The Morgan fingerprint density at radius 3 is 2.94 bits per heavy atom. The van der Waals surface area contributed by atoms with Gasteiger partial charge in [-0.15, -0.1) is 11.3 Å². The molecule has 1 saturated heterocycles. The van der Waals surface area contributed by atoms with Crippen LogP contribution in [0.25, 0.3) is 0 Å². The van der Waals surface area contributed by atoms with Crippen LogP contribution in [0.2, 0.25) is 0 Å². The fourth-order valence-electron chi connectivity index (χ4n) is 2.33. The second kappa shape index (κ2) is 6.94. The van der Waals surface area contributed by atoms with Crippen molar-refractivity contribution >= 4 is 23.1 Å². The molecule has 1 fully saturated rings. The van der Waals surface area contributed by atoms with Crippen molar-refractivity contribution in [2.45, 2.75) is 38.6 Å². The molecule has 0 radical (unpaired) electrons. The number of hydrogen-bond donors (Lipinski definition) is 1. The molecular weight excluding hydrogens is 260 g/mol. The molecule has 4 heteroatoms. The zero-order valence-electron chi connectivity index (χ0n) is 11.6. The highest BCUT2D eigenvalue weighted by atomic mass is 32.2. The molecule has 18 heavy (non-hydrogen) atoms. The standard InChI is InChI=1S/C14H24N2S2/c1-11-4-5-14(18-11)10-15-6-7-16-8-9-17-13(3)12(16)2/h4-5,12-13,15H,6-10H2,1-3H3. The molecule has 1 aromatic heterocycles. The molecular formula is C14H24N2S2. The lowest BCUT2D eigenvalue weighted by Crippen LogP contribution is -2.47. The maximum Gasteiger partial charge on any atom is 0.0300 e. The molecule has 102 valence electrons. The molecule has 2 rings (SSSR count). The quantitative estimate of drug-likeness (QED) is 0.837. The highest BCUT2D eigenvalue weighted by molar-refractivity contribution is 8.00. The summed E-state index contributed by atoms with van der Waals surface area (Å²) in [5.74, 6) is 1.29. The van der Waals surface area contributed by atoms with E-state index in [1.807, 2.05) is 11.3 Å². The Morgan fingerprint density at radius 1 is 1.39 bits per heavy atom. The first-order valence-electron chi connectivity index (χ1n) is 6.78. The minimum Gasteiger partial charge on any atom is -0.311 e. The lowest BCUT2D eigenvalue weighted by Gasteiger charge is -2.37. The van der Waals surface area contributed by atoms with E-state index in [0.717, 1.165) is 24.4 Å². The van der Waals surface area contributed by atoms with Crippen LogP contribution >= 0.6 is 23.1 Å². The largest absolute Gasteiger partial charge is 0.311 e. The number of hydrogen-bond acceptors (Lipinski definition) is 4. The molecule has 1 aliphatic rings. The van der Waals surface area contributed by atoms with Gasteiger partial charge in [0.1, 0.15) is 0 Å². The molecule has 1 aromatic rings. The van der Waals surface area contributed by atoms with Crippen LogP contribution in [0.15, 0.2) is 12.1 Å². The van der Waals surface area contributed by atoms with Crippen molar-refractivity contribution in [1.82, 2.24) is 10.2 Å². The average molecular weight is 284 g/mol. The zero-order valence-corrected chi connectivity index (χ0v) is 13.2. The lowest BCUT2D eigenvalue weighted by molar-refractivity contribution is 0.213. The highest BCUT2D eigenvalue weighted by Crippen LogP contribution is 2.23. The molecule has 2 nitrogen and oxygen atoms in total. The topological polar surface area (TPSA) is 15.3 Å². The van der Waals surface area contributed by atoms with E-state index < -0.39 is 0 Å². The van der Waals surface area contributed by atoms with Crippen LogP contribution in [-0.4, -0.2) is 41.6 Å². The third-order valence-electron chi connectivity index (χ3n) is 3.69. The van der Waals surface area contributed by atoms with Gasteiger partial charge in [0.2, 0.25) is 0 Å². The van der Waals surface area contributed by atoms with Gasteiger partial charge in [0.15, 0.2) is 0 Å². The molecule has 2 unspecified atom stereocenters. The van der Waals surface area contributed by atoms with E-state index in [9.17, 15) is 0 Å². The van der Waals surface area contributed by atoms with E-state index >= 15 is 0 Å². The normalized spacial score (nSPS) is 25.5. The van der Waals surface area contributed by atoms with Crippen LogP contribution in [0, 0.1) is 6.92 Å². The van der Waals surface area contributed by atoms with Gasteiger partial charge >= 0.3 is 0 Å². The summed E-state index contributed by atoms with van der Waals surface area (Å²) in [4.78, 5) is 5.47. The van der Waals surface area contributed by atoms with E-state index in [0.29, 0.717) is 0 Å². The van der Waals surface area contributed by atoms with E-state index in [-0.39, 0.29) is 0 Å². The van der Waals surface area contributed by atoms with Gasteiger partial charge in [-0.05, 0) is 26.0 Å². The number of aryl methyl sites for hydroxylation is 1. The number of thiophene rings is 1. The first-order chi connectivity index (χ1) is 8.66. The molecule has 0 aromatic carbocycles. The van der Waals surface area contributed by atoms with Crippen molar-refractivity contribution in [1.29, 1.82) is 0 Å². The molecule has 1 aliphatic heterocycles. The summed E-state index contributed by atoms with van der Waals surface area (Å²) in [6, 6.07) is 5.15. The molecule has 2 heterocycles. The fourth-order valence-corrected chi connectivity index (χ4v) is 4.35. The van der Waals surface area contributed by atoms with Gasteiger partial charge < -0.3 is 5.32 Å². The third-order valence-corrected chi connectivity index (χ3v) is 6.02. The summed E-state index contributed by atoms with van der Waals surface area (Å²) in [6.45, 7) is 11.4. The van der Waals surface area contributed by atoms with Crippen molar-refractivity contribution in [2.24, 2.45) is 0 Å². The van der Waals surface area contributed by atoms with Gasteiger partial charge in [-0.1, -0.05) is 6.92 Å². The molecule has 0 spiro atoms. The van der Waals surface area contributed by atoms with Crippen molar-refractivity contribution in [3.05, 3.63) is 21.9 Å². The minimum absolute atomic E-state index is 0.717. The Labute approximate surface area is 119 Å². The van der Waals surface area contributed by atoms with E-state index in [1.165, 1.54) is 28.6 Å². The maximum absolute atomic E-state index is 3.56. The Hall–Kier alpha value is -0.0300. The van der Waals surface area contributed by atoms with Crippen molar-refractivity contribution in [3.8, 4) is 0 Å². The van der Waals surface area contributed by atoms with Crippen LogP contribution in [0.4, 0.5) is 0 Å². The second-order valence-electron chi connectivity index (χ2n) is 5.04. The van der Waals surface area contributed by atoms with Crippen LogP contribution in [0.1, 0.15) is 23.6 Å². The first kappa shape index (κ1) is 14.4. The first-order valence-corrected chi connectivity index (χ1v) is 8.65. The van der Waals surface area contributed by atoms with Crippen LogP contribution in [0.3, 0.4) is 0 Å². The Kier molecular flexibility index (Phi) is 5.55. The van der Waals surface area contributed by atoms with E-state index in [1.54, 1.807) is 0 Å². The third kappa shape index (κ3) is 3.98. The molecule has 1 N–H and O–H groups in total. The van der Waals surface area contributed by atoms with Gasteiger partial charge in [0, 0.05) is 53.0 Å². The van der Waals surface area contributed by atoms with Gasteiger partial charge in [-0.2, -0.15) is 11.8 Å². The Morgan fingerprint density at radius 2 is 2.22 bits per heavy atom. The van der Waals surface area contributed by atoms with Gasteiger partial charge in [0.25, 0.3) is 0 Å². The SMILES string of the molecule is Cc1ccc(CNCCN2CCSC(C)C2C)s1. The summed E-state index contributed by atoms with van der Waals surface area (Å²) in [6.07, 6.45) is 0. The summed E-state index contributed by atoms with van der Waals surface area (Å²) in [7, 11) is 0. The average Bonchev–Trinajstić information content (AvgIpc) is 2.76. The number of nitrogens with one attached hydrogen (secondary N) is 1. The molecule has 0 saturated carbocycles. The van der Waals surface area contributed by atoms with Gasteiger partial charge in [0.05, 0.1) is 0 Å². The highest BCUT2D eigenvalue weighted by Gasteiger charge is 2.24. The summed E-state index contributed by atoms with van der Waals surface area (Å²) >= 11 is 4.00. The molecule has 0 amide bonds. The fraction of sp³-hybridized carbons (Fsp3) is 0.714.